The molecule has 0 spiro atoms. The van der Waals surface area contributed by atoms with Crippen LogP contribution in [-0.2, 0) is 14.3 Å². The van der Waals surface area contributed by atoms with Crippen molar-refractivity contribution in [2.45, 2.75) is 45.3 Å². The monoisotopic (exact) mass is 619 g/mol. The van der Waals surface area contributed by atoms with Crippen molar-refractivity contribution in [3.63, 3.8) is 0 Å². The lowest BCUT2D eigenvalue weighted by atomic mass is 9.85. The average molecular weight is 620 g/mol. The summed E-state index contributed by atoms with van der Waals surface area (Å²) in [6.07, 6.45) is 6.18. The number of fused-ring (bicyclic) bond motifs is 5. The number of nitrogens with zero attached hydrogens (tertiary/aromatic N) is 1. The minimum Gasteiger partial charge on any atom is -0.422 e. The van der Waals surface area contributed by atoms with Crippen LogP contribution >= 0.6 is 22.7 Å². The van der Waals surface area contributed by atoms with E-state index in [2.05, 4.69) is 44.2 Å². The van der Waals surface area contributed by atoms with Crippen molar-refractivity contribution in [1.29, 1.82) is 0 Å². The fourth-order valence-electron chi connectivity index (χ4n) is 7.13. The molecule has 2 aromatic carbocycles. The highest BCUT2D eigenvalue weighted by Gasteiger charge is 2.61. The van der Waals surface area contributed by atoms with Crippen LogP contribution in [0.5, 0.6) is 5.75 Å². The highest BCUT2D eigenvalue weighted by molar-refractivity contribution is 7.15. The Balaban J connectivity index is 1.01. The number of ether oxygens (including phenoxy) is 2. The molecule has 0 N–H and O–H groups in total. The van der Waals surface area contributed by atoms with Gasteiger partial charge in [-0.15, -0.1) is 22.7 Å². The van der Waals surface area contributed by atoms with Crippen LogP contribution in [0.2, 0.25) is 0 Å². The Hall–Kier alpha value is -4.11. The molecule has 0 saturated carbocycles. The van der Waals surface area contributed by atoms with Crippen LogP contribution < -0.4 is 9.64 Å². The van der Waals surface area contributed by atoms with Gasteiger partial charge in [-0.2, -0.15) is 0 Å². The van der Waals surface area contributed by atoms with Crippen molar-refractivity contribution in [2.75, 3.05) is 4.90 Å². The van der Waals surface area contributed by atoms with Crippen molar-refractivity contribution in [2.24, 2.45) is 11.8 Å². The van der Waals surface area contributed by atoms with E-state index in [0.29, 0.717) is 16.3 Å². The lowest BCUT2D eigenvalue weighted by molar-refractivity contribution is -0.124. The van der Waals surface area contributed by atoms with Gasteiger partial charge in [0.25, 0.3) is 0 Å². The number of benzene rings is 2. The van der Waals surface area contributed by atoms with E-state index < -0.39 is 17.8 Å². The standard InChI is InChI=1S/C36H29NO5S2/c1-19-26(17-30(43-19)21-7-4-3-5-8-21)24-9-6-10-25(24)27-18-31(44-20(27)2)36(40)41-23-13-11-22(12-14-23)37-34(38)32-28-15-16-29(42-28)33(32)35(37)39/h3-5,7-8,11-18,28-29,32-33H,6,9-10H2,1-2H3/t28-,29+,32-,33+. The van der Waals surface area contributed by atoms with Crippen LogP contribution in [0.1, 0.15) is 49.8 Å². The number of rotatable bonds is 6. The molecular formula is C36H29NO5S2. The number of thiophene rings is 2. The Morgan fingerprint density at radius 1 is 0.818 bits per heavy atom. The molecule has 8 heteroatoms. The molecule has 5 heterocycles. The van der Waals surface area contributed by atoms with Crippen molar-refractivity contribution >= 4 is 57.3 Å². The third kappa shape index (κ3) is 4.35. The van der Waals surface area contributed by atoms with E-state index in [1.165, 1.54) is 48.3 Å². The van der Waals surface area contributed by atoms with Gasteiger partial charge in [0.1, 0.15) is 10.6 Å². The zero-order chi connectivity index (χ0) is 30.1. The smallest absolute Gasteiger partial charge is 0.353 e. The number of esters is 1. The maximum Gasteiger partial charge on any atom is 0.353 e. The second kappa shape index (κ2) is 10.5. The molecule has 4 aromatic rings. The number of amides is 2. The SMILES string of the molecule is Cc1sc(C(=O)Oc2ccc(N3C(=O)[C@@H]4[C@H](C3=O)[C@H]3C=C[C@@H]4O3)cc2)cc1C1=C(c2cc(-c3ccccc3)sc2C)CCC1. The molecular weight excluding hydrogens is 591 g/mol. The van der Waals surface area contributed by atoms with Crippen LogP contribution in [0, 0.1) is 25.7 Å². The Morgan fingerprint density at radius 3 is 2.09 bits per heavy atom. The van der Waals surface area contributed by atoms with E-state index in [9.17, 15) is 14.4 Å². The summed E-state index contributed by atoms with van der Waals surface area (Å²) in [6, 6.07) is 21.4. The number of hydrogen-bond acceptors (Lipinski definition) is 7. The molecule has 0 unspecified atom stereocenters. The summed E-state index contributed by atoms with van der Waals surface area (Å²) in [5, 5.41) is 0. The van der Waals surface area contributed by atoms with Crippen LogP contribution in [0.4, 0.5) is 5.69 Å². The Kier molecular flexibility index (Phi) is 6.55. The zero-order valence-corrected chi connectivity index (χ0v) is 25.9. The van der Waals surface area contributed by atoms with E-state index in [1.54, 1.807) is 24.3 Å². The number of hydrogen-bond donors (Lipinski definition) is 0. The molecule has 1 aliphatic carbocycles. The highest BCUT2D eigenvalue weighted by atomic mass is 32.1. The number of carbonyl (C=O) groups excluding carboxylic acids is 3. The molecule has 0 radical (unpaired) electrons. The van der Waals surface area contributed by atoms with Gasteiger partial charge in [-0.1, -0.05) is 42.5 Å². The lowest BCUT2D eigenvalue weighted by Crippen LogP contribution is -2.34. The van der Waals surface area contributed by atoms with Gasteiger partial charge in [-0.3, -0.25) is 9.59 Å². The first-order valence-electron chi connectivity index (χ1n) is 14.9. The zero-order valence-electron chi connectivity index (χ0n) is 24.2. The first kappa shape index (κ1) is 27.4. The number of carbonyl (C=O) groups is 3. The van der Waals surface area contributed by atoms with E-state index in [1.807, 2.05) is 35.6 Å². The van der Waals surface area contributed by atoms with Crippen molar-refractivity contribution in [1.82, 2.24) is 0 Å². The molecule has 8 rings (SSSR count). The van der Waals surface area contributed by atoms with Gasteiger partial charge < -0.3 is 9.47 Å². The predicted octanol–water partition coefficient (Wildman–Crippen LogP) is 7.85. The number of aryl methyl sites for hydroxylation is 2. The van der Waals surface area contributed by atoms with E-state index in [0.717, 1.165) is 29.7 Å². The summed E-state index contributed by atoms with van der Waals surface area (Å²) in [5.74, 6) is -1.46. The van der Waals surface area contributed by atoms with E-state index in [4.69, 9.17) is 9.47 Å². The first-order valence-corrected chi connectivity index (χ1v) is 16.5. The normalized spacial score (nSPS) is 23.7. The van der Waals surface area contributed by atoms with Gasteiger partial charge >= 0.3 is 5.97 Å². The fraction of sp³-hybridized carbons (Fsp3) is 0.250. The summed E-state index contributed by atoms with van der Waals surface area (Å²) in [5.41, 5.74) is 6.84. The van der Waals surface area contributed by atoms with Gasteiger partial charge in [0.15, 0.2) is 0 Å². The third-order valence-electron chi connectivity index (χ3n) is 9.18. The van der Waals surface area contributed by atoms with Gasteiger partial charge in [0.05, 0.1) is 29.7 Å². The van der Waals surface area contributed by atoms with Crippen LogP contribution in [0.3, 0.4) is 0 Å². The minimum absolute atomic E-state index is 0.238. The molecule has 2 fully saturated rings. The second-order valence-corrected chi connectivity index (χ2v) is 14.2. The second-order valence-electron chi connectivity index (χ2n) is 11.7. The number of allylic oxidation sites excluding steroid dienone is 2. The van der Waals surface area contributed by atoms with Crippen LogP contribution in [-0.4, -0.2) is 30.0 Å². The van der Waals surface area contributed by atoms with Crippen LogP contribution in [0.15, 0.2) is 78.9 Å². The topological polar surface area (TPSA) is 72.9 Å². The summed E-state index contributed by atoms with van der Waals surface area (Å²) in [4.78, 5) is 44.9. The molecule has 44 heavy (non-hydrogen) atoms. The molecule has 2 aromatic heterocycles. The molecule has 6 nitrogen and oxygen atoms in total. The lowest BCUT2D eigenvalue weighted by Gasteiger charge is -2.17. The van der Waals surface area contributed by atoms with Crippen molar-refractivity contribution in [3.05, 3.63) is 105 Å². The summed E-state index contributed by atoms with van der Waals surface area (Å²) >= 11 is 3.28. The van der Waals surface area contributed by atoms with Gasteiger partial charge in [-0.25, -0.2) is 9.69 Å². The molecule has 2 saturated heterocycles. The largest absolute Gasteiger partial charge is 0.422 e. The summed E-state index contributed by atoms with van der Waals surface area (Å²) < 4.78 is 11.5. The maximum absolute atomic E-state index is 13.3. The minimum atomic E-state index is -0.462. The highest BCUT2D eigenvalue weighted by Crippen LogP contribution is 2.48. The average Bonchev–Trinajstić information content (AvgIpc) is 3.87. The van der Waals surface area contributed by atoms with Crippen LogP contribution in [0.25, 0.3) is 21.6 Å². The Labute approximate surface area is 263 Å². The van der Waals surface area contributed by atoms with Gasteiger partial charge in [0.2, 0.25) is 11.8 Å². The number of imide groups is 1. The van der Waals surface area contributed by atoms with Crippen molar-refractivity contribution < 1.29 is 23.9 Å². The predicted molar refractivity (Wildman–Crippen MR) is 173 cm³/mol. The molecule has 220 valence electrons. The maximum atomic E-state index is 13.3. The van der Waals surface area contributed by atoms with E-state index in [-0.39, 0.29) is 24.0 Å². The molecule has 4 atom stereocenters. The molecule has 4 aliphatic rings. The molecule has 3 aliphatic heterocycles. The van der Waals surface area contributed by atoms with E-state index >= 15 is 0 Å². The quantitative estimate of drug-likeness (QED) is 0.0951. The molecule has 2 bridgehead atoms. The summed E-state index contributed by atoms with van der Waals surface area (Å²) in [7, 11) is 0. The third-order valence-corrected chi connectivity index (χ3v) is 11.3. The molecule has 2 amide bonds. The Morgan fingerprint density at radius 2 is 1.43 bits per heavy atom. The fourth-order valence-corrected chi connectivity index (χ4v) is 9.10. The first-order chi connectivity index (χ1) is 21.4. The summed E-state index contributed by atoms with van der Waals surface area (Å²) in [6.45, 7) is 4.26. The van der Waals surface area contributed by atoms with Gasteiger partial charge in [-0.05, 0) is 97.3 Å². The van der Waals surface area contributed by atoms with Crippen molar-refractivity contribution in [3.8, 4) is 16.2 Å². The van der Waals surface area contributed by atoms with Gasteiger partial charge in [0, 0.05) is 14.6 Å². The Bertz CT molecular complexity index is 1870. The number of anilines is 1.